The fraction of sp³-hybridized carbons (Fsp3) is 0.500. The van der Waals surface area contributed by atoms with Crippen molar-refractivity contribution in [3.63, 3.8) is 0 Å². The van der Waals surface area contributed by atoms with Crippen molar-refractivity contribution in [2.45, 2.75) is 26.3 Å². The van der Waals surface area contributed by atoms with Gasteiger partial charge in [-0.3, -0.25) is 4.79 Å². The van der Waals surface area contributed by atoms with Crippen LogP contribution in [0.5, 0.6) is 0 Å². The van der Waals surface area contributed by atoms with Crippen LogP contribution in [0.4, 0.5) is 5.69 Å². The number of carbonyl (C=O) groups excluding carboxylic acids is 1. The van der Waals surface area contributed by atoms with Crippen molar-refractivity contribution in [2.75, 3.05) is 18.0 Å². The number of benzene rings is 1. The quantitative estimate of drug-likeness (QED) is 0.793. The highest BCUT2D eigenvalue weighted by atomic mass is 16.1. The Morgan fingerprint density at radius 2 is 2.24 bits per heavy atom. The van der Waals surface area contributed by atoms with E-state index in [-0.39, 0.29) is 6.04 Å². The molecule has 1 heterocycles. The van der Waals surface area contributed by atoms with Crippen LogP contribution in [0.15, 0.2) is 18.2 Å². The molecule has 0 saturated carbocycles. The van der Waals surface area contributed by atoms with Crippen molar-refractivity contribution in [1.29, 1.82) is 0 Å². The van der Waals surface area contributed by atoms with Gasteiger partial charge < -0.3 is 10.6 Å². The van der Waals surface area contributed by atoms with Gasteiger partial charge in [0.15, 0.2) is 6.29 Å². The molecule has 1 aromatic rings. The average molecular weight is 232 g/mol. The van der Waals surface area contributed by atoms with Gasteiger partial charge in [-0.15, -0.1) is 0 Å². The number of hydrogen-bond acceptors (Lipinski definition) is 3. The number of piperidine rings is 1. The molecular weight excluding hydrogens is 212 g/mol. The fourth-order valence-electron chi connectivity index (χ4n) is 2.51. The molecule has 2 unspecified atom stereocenters. The monoisotopic (exact) mass is 232 g/mol. The number of hydrogen-bond donors (Lipinski definition) is 1. The Balaban J connectivity index is 2.31. The van der Waals surface area contributed by atoms with E-state index >= 15 is 0 Å². The van der Waals surface area contributed by atoms with Gasteiger partial charge in [-0.05, 0) is 30.9 Å². The summed E-state index contributed by atoms with van der Waals surface area (Å²) in [4.78, 5) is 13.4. The van der Waals surface area contributed by atoms with Gasteiger partial charge in [0.2, 0.25) is 0 Å². The van der Waals surface area contributed by atoms with Gasteiger partial charge in [0.25, 0.3) is 0 Å². The summed E-state index contributed by atoms with van der Waals surface area (Å²) in [6, 6.07) is 6.04. The predicted molar refractivity (Wildman–Crippen MR) is 70.5 cm³/mol. The Kier molecular flexibility index (Phi) is 3.48. The molecule has 1 aliphatic rings. The van der Waals surface area contributed by atoms with Crippen LogP contribution in [0.2, 0.25) is 0 Å². The van der Waals surface area contributed by atoms with E-state index in [0.29, 0.717) is 5.92 Å². The normalized spacial score (nSPS) is 24.8. The van der Waals surface area contributed by atoms with Gasteiger partial charge in [-0.25, -0.2) is 0 Å². The molecule has 2 atom stereocenters. The maximum Gasteiger partial charge on any atom is 0.152 e. The lowest BCUT2D eigenvalue weighted by atomic mass is 9.93. The third kappa shape index (κ3) is 2.34. The van der Waals surface area contributed by atoms with Gasteiger partial charge in [-0.1, -0.05) is 19.1 Å². The van der Waals surface area contributed by atoms with Crippen LogP contribution in [-0.4, -0.2) is 25.4 Å². The van der Waals surface area contributed by atoms with Crippen LogP contribution >= 0.6 is 0 Å². The summed E-state index contributed by atoms with van der Waals surface area (Å²) in [5.41, 5.74) is 9.10. The Labute approximate surface area is 103 Å². The number of aldehydes is 1. The Morgan fingerprint density at radius 1 is 1.47 bits per heavy atom. The second kappa shape index (κ2) is 4.88. The summed E-state index contributed by atoms with van der Waals surface area (Å²) in [5.74, 6) is 0.565. The third-order valence-electron chi connectivity index (χ3n) is 3.73. The zero-order chi connectivity index (χ0) is 12.4. The SMILES string of the molecule is Cc1cccc(C=O)c1N1CCC(C)C(N)C1. The van der Waals surface area contributed by atoms with Crippen molar-refractivity contribution in [2.24, 2.45) is 11.7 Å². The molecule has 1 fully saturated rings. The molecule has 0 amide bonds. The zero-order valence-electron chi connectivity index (χ0n) is 10.5. The minimum atomic E-state index is 0.197. The highest BCUT2D eigenvalue weighted by molar-refractivity contribution is 5.86. The maximum atomic E-state index is 11.1. The standard InChI is InChI=1S/C14H20N2O/c1-10-6-7-16(8-13(10)15)14-11(2)4-3-5-12(14)9-17/h3-5,9-10,13H,6-8,15H2,1-2H3. The smallest absolute Gasteiger partial charge is 0.152 e. The van der Waals surface area contributed by atoms with Crippen molar-refractivity contribution >= 4 is 12.0 Å². The minimum Gasteiger partial charge on any atom is -0.369 e. The van der Waals surface area contributed by atoms with Crippen molar-refractivity contribution in [3.8, 4) is 0 Å². The number of nitrogens with zero attached hydrogens (tertiary/aromatic N) is 1. The molecule has 2 rings (SSSR count). The first-order valence-electron chi connectivity index (χ1n) is 6.18. The number of aryl methyl sites for hydroxylation is 1. The molecular formula is C14H20N2O. The summed E-state index contributed by atoms with van der Waals surface area (Å²) < 4.78 is 0. The Hall–Kier alpha value is -1.35. The molecule has 0 aliphatic carbocycles. The molecule has 1 aliphatic heterocycles. The highest BCUT2D eigenvalue weighted by Crippen LogP contribution is 2.28. The van der Waals surface area contributed by atoms with Crippen LogP contribution < -0.4 is 10.6 Å². The van der Waals surface area contributed by atoms with E-state index < -0.39 is 0 Å². The van der Waals surface area contributed by atoms with E-state index in [2.05, 4.69) is 11.8 Å². The summed E-state index contributed by atoms with van der Waals surface area (Å²) >= 11 is 0. The first kappa shape index (κ1) is 12.1. The summed E-state index contributed by atoms with van der Waals surface area (Å²) in [6.45, 7) is 6.07. The topological polar surface area (TPSA) is 46.3 Å². The fourth-order valence-corrected chi connectivity index (χ4v) is 2.51. The van der Waals surface area contributed by atoms with E-state index in [1.807, 2.05) is 25.1 Å². The largest absolute Gasteiger partial charge is 0.369 e. The van der Waals surface area contributed by atoms with E-state index in [1.165, 1.54) is 0 Å². The first-order valence-corrected chi connectivity index (χ1v) is 6.18. The number of anilines is 1. The van der Waals surface area contributed by atoms with E-state index in [4.69, 9.17) is 5.73 Å². The second-order valence-electron chi connectivity index (χ2n) is 5.01. The summed E-state index contributed by atoms with van der Waals surface area (Å²) in [6.07, 6.45) is 2.03. The molecule has 3 heteroatoms. The first-order chi connectivity index (χ1) is 8.13. The lowest BCUT2D eigenvalue weighted by molar-refractivity contribution is 0.112. The molecule has 1 aromatic carbocycles. The van der Waals surface area contributed by atoms with Crippen LogP contribution in [-0.2, 0) is 0 Å². The van der Waals surface area contributed by atoms with E-state index in [9.17, 15) is 4.79 Å². The van der Waals surface area contributed by atoms with E-state index in [0.717, 1.165) is 42.6 Å². The number of carbonyl (C=O) groups is 1. The molecule has 0 radical (unpaired) electrons. The van der Waals surface area contributed by atoms with Crippen molar-refractivity contribution in [3.05, 3.63) is 29.3 Å². The molecule has 92 valence electrons. The van der Waals surface area contributed by atoms with Gasteiger partial charge in [0, 0.05) is 24.7 Å². The molecule has 0 spiro atoms. The predicted octanol–water partition coefficient (Wildman–Crippen LogP) is 1.98. The molecule has 17 heavy (non-hydrogen) atoms. The Bertz CT molecular complexity index is 417. The van der Waals surface area contributed by atoms with E-state index in [1.54, 1.807) is 0 Å². The maximum absolute atomic E-state index is 11.1. The molecule has 2 N–H and O–H groups in total. The van der Waals surface area contributed by atoms with Crippen molar-refractivity contribution < 1.29 is 4.79 Å². The van der Waals surface area contributed by atoms with Crippen molar-refractivity contribution in [1.82, 2.24) is 0 Å². The number of rotatable bonds is 2. The molecule has 1 saturated heterocycles. The van der Waals surface area contributed by atoms with Crippen LogP contribution in [0.3, 0.4) is 0 Å². The summed E-state index contributed by atoms with van der Waals surface area (Å²) in [7, 11) is 0. The average Bonchev–Trinajstić information content (AvgIpc) is 2.32. The van der Waals surface area contributed by atoms with Gasteiger partial charge >= 0.3 is 0 Å². The lowest BCUT2D eigenvalue weighted by Gasteiger charge is -2.37. The van der Waals surface area contributed by atoms with Gasteiger partial charge in [0.1, 0.15) is 0 Å². The highest BCUT2D eigenvalue weighted by Gasteiger charge is 2.25. The lowest BCUT2D eigenvalue weighted by Crippen LogP contribution is -2.48. The van der Waals surface area contributed by atoms with Crippen LogP contribution in [0.1, 0.15) is 29.3 Å². The third-order valence-corrected chi connectivity index (χ3v) is 3.73. The molecule has 0 aromatic heterocycles. The van der Waals surface area contributed by atoms with Crippen LogP contribution in [0.25, 0.3) is 0 Å². The zero-order valence-corrected chi connectivity index (χ0v) is 10.5. The molecule has 3 nitrogen and oxygen atoms in total. The second-order valence-corrected chi connectivity index (χ2v) is 5.01. The van der Waals surface area contributed by atoms with Gasteiger partial charge in [0.05, 0.1) is 5.69 Å². The van der Waals surface area contributed by atoms with Gasteiger partial charge in [-0.2, -0.15) is 0 Å². The minimum absolute atomic E-state index is 0.197. The Morgan fingerprint density at radius 3 is 2.88 bits per heavy atom. The molecule has 0 bridgehead atoms. The summed E-state index contributed by atoms with van der Waals surface area (Å²) in [5, 5.41) is 0. The number of para-hydroxylation sites is 1. The number of nitrogens with two attached hydrogens (primary N) is 1. The van der Waals surface area contributed by atoms with Crippen LogP contribution in [0, 0.1) is 12.8 Å².